The van der Waals surface area contributed by atoms with Crippen LogP contribution >= 0.6 is 34.5 Å². The number of fused-ring (bicyclic) bond motifs is 1. The van der Waals surface area contributed by atoms with Crippen molar-refractivity contribution in [3.8, 4) is 16.3 Å². The zero-order valence-electron chi connectivity index (χ0n) is 18.5. The highest BCUT2D eigenvalue weighted by atomic mass is 35.5. The zero-order chi connectivity index (χ0) is 23.5. The third-order valence-electron chi connectivity index (χ3n) is 5.51. The lowest BCUT2D eigenvalue weighted by molar-refractivity contribution is 0.306. The van der Waals surface area contributed by atoms with Crippen LogP contribution in [0.4, 0.5) is 5.69 Å². The van der Waals surface area contributed by atoms with E-state index in [1.54, 1.807) is 17.4 Å². The summed E-state index contributed by atoms with van der Waals surface area (Å²) in [6, 6.07) is 28.3. The molecule has 5 rings (SSSR count). The fourth-order valence-corrected chi connectivity index (χ4v) is 5.13. The van der Waals surface area contributed by atoms with Crippen molar-refractivity contribution in [2.24, 2.45) is 0 Å². The maximum atomic E-state index is 6.21. The van der Waals surface area contributed by atoms with Gasteiger partial charge in [0.15, 0.2) is 0 Å². The fraction of sp³-hybridized carbons (Fsp3) is 0.107. The van der Waals surface area contributed by atoms with Gasteiger partial charge >= 0.3 is 0 Å². The van der Waals surface area contributed by atoms with Crippen LogP contribution in [0.1, 0.15) is 16.7 Å². The summed E-state index contributed by atoms with van der Waals surface area (Å²) in [7, 11) is 0. The smallest absolute Gasteiger partial charge is 0.124 e. The maximum Gasteiger partial charge on any atom is 0.124 e. The van der Waals surface area contributed by atoms with Crippen molar-refractivity contribution in [3.63, 3.8) is 0 Å². The van der Waals surface area contributed by atoms with Gasteiger partial charge in [-0.25, -0.2) is 4.98 Å². The van der Waals surface area contributed by atoms with E-state index >= 15 is 0 Å². The Morgan fingerprint density at radius 3 is 2.44 bits per heavy atom. The Bertz CT molecular complexity index is 1430. The number of hydrogen-bond donors (Lipinski definition) is 1. The molecular weight excluding hydrogens is 483 g/mol. The fourth-order valence-electron chi connectivity index (χ4n) is 3.59. The van der Waals surface area contributed by atoms with Crippen molar-refractivity contribution in [2.75, 3.05) is 5.32 Å². The number of aromatic nitrogens is 1. The van der Waals surface area contributed by atoms with Gasteiger partial charge in [0.25, 0.3) is 0 Å². The molecule has 1 N–H and O–H groups in total. The Morgan fingerprint density at radius 2 is 1.68 bits per heavy atom. The first kappa shape index (κ1) is 22.7. The van der Waals surface area contributed by atoms with Crippen LogP contribution in [0, 0.1) is 6.92 Å². The van der Waals surface area contributed by atoms with E-state index in [0.717, 1.165) is 39.6 Å². The quantitative estimate of drug-likeness (QED) is 0.240. The second kappa shape index (κ2) is 10.1. The number of aryl methyl sites for hydroxylation is 1. The minimum Gasteiger partial charge on any atom is -0.489 e. The second-order valence-corrected chi connectivity index (χ2v) is 9.96. The summed E-state index contributed by atoms with van der Waals surface area (Å²) in [5.41, 5.74) is 6.58. The van der Waals surface area contributed by atoms with E-state index in [0.29, 0.717) is 16.7 Å². The topological polar surface area (TPSA) is 34.2 Å². The molecule has 0 aliphatic heterocycles. The summed E-state index contributed by atoms with van der Waals surface area (Å²) in [6.07, 6.45) is 0. The van der Waals surface area contributed by atoms with Gasteiger partial charge in [-0.3, -0.25) is 0 Å². The Morgan fingerprint density at radius 1 is 0.882 bits per heavy atom. The molecule has 5 aromatic rings. The molecule has 1 heterocycles. The van der Waals surface area contributed by atoms with Crippen LogP contribution in [0.2, 0.25) is 10.0 Å². The largest absolute Gasteiger partial charge is 0.489 e. The first-order valence-electron chi connectivity index (χ1n) is 10.9. The lowest BCUT2D eigenvalue weighted by Crippen LogP contribution is -2.00. The zero-order valence-corrected chi connectivity index (χ0v) is 20.8. The van der Waals surface area contributed by atoms with Gasteiger partial charge in [0.2, 0.25) is 0 Å². The highest BCUT2D eigenvalue weighted by molar-refractivity contribution is 7.21. The molecule has 0 unspecified atom stereocenters. The van der Waals surface area contributed by atoms with E-state index in [4.69, 9.17) is 32.9 Å². The van der Waals surface area contributed by atoms with Gasteiger partial charge < -0.3 is 10.1 Å². The average Bonchev–Trinajstić information content (AvgIpc) is 3.26. The number of thiazole rings is 1. The monoisotopic (exact) mass is 504 g/mol. The van der Waals surface area contributed by atoms with Gasteiger partial charge in [0, 0.05) is 33.4 Å². The summed E-state index contributed by atoms with van der Waals surface area (Å²) in [4.78, 5) is 4.77. The number of ether oxygens (including phenoxy) is 1. The van der Waals surface area contributed by atoms with E-state index in [1.165, 1.54) is 15.8 Å². The van der Waals surface area contributed by atoms with E-state index in [2.05, 4.69) is 66.8 Å². The predicted octanol–water partition coefficient (Wildman–Crippen LogP) is 8.77. The van der Waals surface area contributed by atoms with E-state index in [-0.39, 0.29) is 0 Å². The van der Waals surface area contributed by atoms with Crippen molar-refractivity contribution >= 4 is 50.4 Å². The summed E-state index contributed by atoms with van der Waals surface area (Å²) >= 11 is 13.9. The van der Waals surface area contributed by atoms with Crippen molar-refractivity contribution in [1.82, 2.24) is 4.98 Å². The molecule has 3 nitrogen and oxygen atoms in total. The number of rotatable bonds is 7. The molecule has 0 saturated carbocycles. The Kier molecular flexibility index (Phi) is 6.73. The Hall–Kier alpha value is -3.05. The van der Waals surface area contributed by atoms with E-state index < -0.39 is 0 Å². The van der Waals surface area contributed by atoms with E-state index in [9.17, 15) is 0 Å². The second-order valence-electron chi connectivity index (χ2n) is 8.09. The number of anilines is 1. The van der Waals surface area contributed by atoms with Crippen molar-refractivity contribution in [1.29, 1.82) is 0 Å². The number of nitrogens with zero attached hydrogens (tertiary/aromatic N) is 1. The Labute approximate surface area is 213 Å². The molecule has 0 aliphatic carbocycles. The summed E-state index contributed by atoms with van der Waals surface area (Å²) in [5, 5.41) is 5.75. The molecule has 0 aliphatic rings. The van der Waals surface area contributed by atoms with Crippen LogP contribution in [-0.2, 0) is 13.2 Å². The van der Waals surface area contributed by atoms with Crippen molar-refractivity contribution in [3.05, 3.63) is 112 Å². The molecule has 0 saturated heterocycles. The van der Waals surface area contributed by atoms with Gasteiger partial charge in [0.1, 0.15) is 17.4 Å². The van der Waals surface area contributed by atoms with Crippen LogP contribution in [-0.4, -0.2) is 4.98 Å². The van der Waals surface area contributed by atoms with Gasteiger partial charge in [-0.15, -0.1) is 11.3 Å². The Balaban J connectivity index is 1.17. The van der Waals surface area contributed by atoms with Gasteiger partial charge in [-0.2, -0.15) is 0 Å². The maximum absolute atomic E-state index is 6.21. The van der Waals surface area contributed by atoms with Gasteiger partial charge in [0.05, 0.1) is 10.2 Å². The first-order chi connectivity index (χ1) is 16.5. The number of hydrogen-bond acceptors (Lipinski definition) is 4. The molecule has 0 fully saturated rings. The summed E-state index contributed by atoms with van der Waals surface area (Å²) in [6.45, 7) is 3.23. The lowest BCUT2D eigenvalue weighted by atomic mass is 10.2. The molecule has 0 atom stereocenters. The molecule has 4 aromatic carbocycles. The first-order valence-corrected chi connectivity index (χ1v) is 12.5. The molecule has 0 spiro atoms. The van der Waals surface area contributed by atoms with Crippen LogP contribution in [0.25, 0.3) is 20.8 Å². The number of benzene rings is 4. The minimum atomic E-state index is 0.397. The normalized spacial score (nSPS) is 11.0. The molecule has 0 amide bonds. The molecule has 6 heteroatoms. The highest BCUT2D eigenvalue weighted by Crippen LogP contribution is 2.31. The SMILES string of the molecule is Cc1ccc2nc(-c3ccc(NCc4ccc(OCc5ccc(Cl)cc5Cl)cc4)cc3)sc2c1. The molecule has 34 heavy (non-hydrogen) atoms. The third-order valence-corrected chi connectivity index (χ3v) is 7.16. The van der Waals surface area contributed by atoms with Crippen molar-refractivity contribution in [2.45, 2.75) is 20.1 Å². The average molecular weight is 505 g/mol. The van der Waals surface area contributed by atoms with E-state index in [1.807, 2.05) is 24.3 Å². The third kappa shape index (κ3) is 5.36. The molecular formula is C28H22Cl2N2OS. The highest BCUT2D eigenvalue weighted by Gasteiger charge is 2.07. The van der Waals surface area contributed by atoms with Crippen LogP contribution in [0.3, 0.4) is 0 Å². The standard InChI is InChI=1S/C28H22Cl2N2OS/c1-18-2-13-26-27(14-18)34-28(32-26)20-6-9-23(10-7-20)31-16-19-3-11-24(12-4-19)33-17-21-5-8-22(29)15-25(21)30/h2-15,31H,16-17H2,1H3. The van der Waals surface area contributed by atoms with Crippen LogP contribution < -0.4 is 10.1 Å². The molecule has 170 valence electrons. The van der Waals surface area contributed by atoms with Crippen LogP contribution in [0.5, 0.6) is 5.75 Å². The molecule has 1 aromatic heterocycles. The lowest BCUT2D eigenvalue weighted by Gasteiger charge is -2.10. The number of nitrogens with one attached hydrogen (secondary N) is 1. The van der Waals surface area contributed by atoms with Crippen molar-refractivity contribution < 1.29 is 4.74 Å². The van der Waals surface area contributed by atoms with Gasteiger partial charge in [-0.1, -0.05) is 47.5 Å². The molecule has 0 radical (unpaired) electrons. The molecule has 0 bridgehead atoms. The van der Waals surface area contributed by atoms with Crippen LogP contribution in [0.15, 0.2) is 84.9 Å². The minimum absolute atomic E-state index is 0.397. The number of halogens is 2. The van der Waals surface area contributed by atoms with Gasteiger partial charge in [-0.05, 0) is 78.7 Å². The summed E-state index contributed by atoms with van der Waals surface area (Å²) < 4.78 is 7.08. The summed E-state index contributed by atoms with van der Waals surface area (Å²) in [5.74, 6) is 0.796. The predicted molar refractivity (Wildman–Crippen MR) is 144 cm³/mol.